The fourth-order valence-electron chi connectivity index (χ4n) is 1.16. The largest absolute Gasteiger partial charge is 0.398 e. The van der Waals surface area contributed by atoms with Gasteiger partial charge >= 0.3 is 0 Å². The third-order valence-corrected chi connectivity index (χ3v) is 1.96. The Balaban J connectivity index is 2.50. The van der Waals surface area contributed by atoms with Crippen molar-refractivity contribution in [2.24, 2.45) is 0 Å². The molecule has 0 fully saturated rings. The van der Waals surface area contributed by atoms with Crippen LogP contribution < -0.4 is 11.1 Å². The molecule has 0 radical (unpaired) electrons. The number of nitrogen functional groups attached to an aromatic ring is 1. The lowest BCUT2D eigenvalue weighted by atomic mass is 10.1. The molecule has 78 valence electrons. The number of amides is 1. The Morgan fingerprint density at radius 3 is 2.87 bits per heavy atom. The van der Waals surface area contributed by atoms with Gasteiger partial charge < -0.3 is 11.1 Å². The second kappa shape index (κ2) is 5.71. The second-order valence-corrected chi connectivity index (χ2v) is 3.08. The molecule has 3 nitrogen and oxygen atoms in total. The Labute approximate surface area is 89.7 Å². The van der Waals surface area contributed by atoms with E-state index in [9.17, 15) is 4.79 Å². The van der Waals surface area contributed by atoms with E-state index in [1.165, 1.54) is 0 Å². The molecule has 1 aromatic carbocycles. The molecule has 0 aliphatic heterocycles. The molecule has 0 aliphatic rings. The van der Waals surface area contributed by atoms with E-state index in [0.29, 0.717) is 18.7 Å². The summed E-state index contributed by atoms with van der Waals surface area (Å²) in [5.74, 6) is 5.42. The molecule has 0 aromatic heterocycles. The molecule has 0 saturated carbocycles. The Kier molecular flexibility index (Phi) is 4.24. The smallest absolute Gasteiger partial charge is 0.225 e. The number of benzene rings is 1. The minimum atomic E-state index is -0.0596. The van der Waals surface area contributed by atoms with Gasteiger partial charge in [-0.05, 0) is 18.6 Å². The molecule has 0 unspecified atom stereocenters. The molecule has 0 spiro atoms. The Morgan fingerprint density at radius 1 is 1.47 bits per heavy atom. The average molecular weight is 202 g/mol. The molecule has 0 heterocycles. The Bertz CT molecular complexity index is 402. The third kappa shape index (κ3) is 3.74. The van der Waals surface area contributed by atoms with Crippen LogP contribution in [0.25, 0.3) is 0 Å². The van der Waals surface area contributed by atoms with Gasteiger partial charge in [-0.3, -0.25) is 4.79 Å². The molecule has 1 amide bonds. The zero-order chi connectivity index (χ0) is 11.1. The third-order valence-electron chi connectivity index (χ3n) is 1.96. The Hall–Kier alpha value is -1.95. The number of anilines is 1. The van der Waals surface area contributed by atoms with Gasteiger partial charge in [0.1, 0.15) is 0 Å². The van der Waals surface area contributed by atoms with Crippen LogP contribution in [0.5, 0.6) is 0 Å². The molecule has 1 aromatic rings. The van der Waals surface area contributed by atoms with Crippen molar-refractivity contribution in [3.05, 3.63) is 29.8 Å². The number of rotatable bonds is 3. The molecule has 3 heteroatoms. The zero-order valence-electron chi connectivity index (χ0n) is 8.71. The number of carbonyl (C=O) groups excluding carboxylic acids is 1. The molecule has 3 N–H and O–H groups in total. The number of hydrogen-bond donors (Lipinski definition) is 2. The zero-order valence-corrected chi connectivity index (χ0v) is 8.71. The summed E-state index contributed by atoms with van der Waals surface area (Å²) in [5.41, 5.74) is 7.21. The predicted octanol–water partition coefficient (Wildman–Crippen LogP) is 0.951. The van der Waals surface area contributed by atoms with Crippen LogP contribution >= 0.6 is 0 Å². The quantitative estimate of drug-likeness (QED) is 0.566. The summed E-state index contributed by atoms with van der Waals surface area (Å²) < 4.78 is 0. The maximum atomic E-state index is 11.4. The molecule has 0 saturated heterocycles. The molecule has 15 heavy (non-hydrogen) atoms. The fraction of sp³-hybridized carbons (Fsp3) is 0.250. The summed E-state index contributed by atoms with van der Waals surface area (Å²) in [6.07, 6.45) is 0.304. The molecular weight excluding hydrogens is 188 g/mol. The standard InChI is InChI=1S/C12H14N2O/c1-2-3-8-14-12(15)9-10-6-4-5-7-11(10)13/h4-7H,8-9,13H2,1H3,(H,14,15). The Morgan fingerprint density at radius 2 is 2.20 bits per heavy atom. The van der Waals surface area contributed by atoms with Crippen molar-refractivity contribution in [2.45, 2.75) is 13.3 Å². The molecule has 1 rings (SSSR count). The molecule has 0 bridgehead atoms. The summed E-state index contributed by atoms with van der Waals surface area (Å²) in [4.78, 5) is 11.4. The highest BCUT2D eigenvalue weighted by Gasteiger charge is 2.04. The van der Waals surface area contributed by atoms with Crippen molar-refractivity contribution in [1.82, 2.24) is 5.32 Å². The van der Waals surface area contributed by atoms with Gasteiger partial charge in [-0.25, -0.2) is 0 Å². The van der Waals surface area contributed by atoms with Gasteiger partial charge in [0.2, 0.25) is 5.91 Å². The van der Waals surface area contributed by atoms with E-state index in [0.717, 1.165) is 5.56 Å². The minimum Gasteiger partial charge on any atom is -0.398 e. The van der Waals surface area contributed by atoms with Crippen molar-refractivity contribution < 1.29 is 4.79 Å². The van der Waals surface area contributed by atoms with E-state index in [1.807, 2.05) is 18.2 Å². The summed E-state index contributed by atoms with van der Waals surface area (Å²) in [5, 5.41) is 2.69. The highest BCUT2D eigenvalue weighted by atomic mass is 16.1. The van der Waals surface area contributed by atoms with Gasteiger partial charge in [-0.2, -0.15) is 0 Å². The monoisotopic (exact) mass is 202 g/mol. The van der Waals surface area contributed by atoms with Crippen molar-refractivity contribution >= 4 is 11.6 Å². The van der Waals surface area contributed by atoms with Gasteiger partial charge in [0.05, 0.1) is 13.0 Å². The lowest BCUT2D eigenvalue weighted by Crippen LogP contribution is -2.25. The topological polar surface area (TPSA) is 55.1 Å². The highest BCUT2D eigenvalue weighted by molar-refractivity contribution is 5.80. The average Bonchev–Trinajstić information content (AvgIpc) is 2.22. The lowest BCUT2D eigenvalue weighted by molar-refractivity contribution is -0.120. The van der Waals surface area contributed by atoms with Crippen LogP contribution in [0.15, 0.2) is 24.3 Å². The van der Waals surface area contributed by atoms with Gasteiger partial charge in [0.25, 0.3) is 0 Å². The summed E-state index contributed by atoms with van der Waals surface area (Å²) in [7, 11) is 0. The maximum absolute atomic E-state index is 11.4. The summed E-state index contributed by atoms with van der Waals surface area (Å²) >= 11 is 0. The van der Waals surface area contributed by atoms with Crippen LogP contribution in [0.4, 0.5) is 5.69 Å². The fourth-order valence-corrected chi connectivity index (χ4v) is 1.16. The van der Waals surface area contributed by atoms with Crippen molar-refractivity contribution in [1.29, 1.82) is 0 Å². The van der Waals surface area contributed by atoms with Crippen LogP contribution in [0.3, 0.4) is 0 Å². The van der Waals surface area contributed by atoms with Crippen molar-refractivity contribution in [3.63, 3.8) is 0 Å². The van der Waals surface area contributed by atoms with Crippen LogP contribution in [0.1, 0.15) is 12.5 Å². The number of carbonyl (C=O) groups is 1. The lowest BCUT2D eigenvalue weighted by Gasteiger charge is -2.04. The first-order chi connectivity index (χ1) is 7.24. The van der Waals surface area contributed by atoms with Gasteiger partial charge in [-0.1, -0.05) is 24.1 Å². The van der Waals surface area contributed by atoms with E-state index in [-0.39, 0.29) is 5.91 Å². The van der Waals surface area contributed by atoms with Crippen LogP contribution in [0.2, 0.25) is 0 Å². The van der Waals surface area contributed by atoms with E-state index >= 15 is 0 Å². The first kappa shape index (κ1) is 11.1. The maximum Gasteiger partial charge on any atom is 0.225 e. The van der Waals surface area contributed by atoms with E-state index in [1.54, 1.807) is 13.0 Å². The van der Waals surface area contributed by atoms with Crippen LogP contribution in [-0.4, -0.2) is 12.5 Å². The van der Waals surface area contributed by atoms with Crippen LogP contribution in [-0.2, 0) is 11.2 Å². The van der Waals surface area contributed by atoms with Gasteiger partial charge in [-0.15, -0.1) is 5.92 Å². The van der Waals surface area contributed by atoms with E-state index in [2.05, 4.69) is 17.2 Å². The molecular formula is C12H14N2O. The van der Waals surface area contributed by atoms with Crippen molar-refractivity contribution in [2.75, 3.05) is 12.3 Å². The number of hydrogen-bond acceptors (Lipinski definition) is 2. The number of nitrogens with two attached hydrogens (primary N) is 1. The van der Waals surface area contributed by atoms with Crippen LogP contribution in [0, 0.1) is 11.8 Å². The van der Waals surface area contributed by atoms with Gasteiger partial charge in [0, 0.05) is 5.69 Å². The van der Waals surface area contributed by atoms with Gasteiger partial charge in [0.15, 0.2) is 0 Å². The van der Waals surface area contributed by atoms with E-state index < -0.39 is 0 Å². The second-order valence-electron chi connectivity index (χ2n) is 3.08. The number of nitrogens with one attached hydrogen (secondary N) is 1. The SMILES string of the molecule is CC#CCNC(=O)Cc1ccccc1N. The first-order valence-electron chi connectivity index (χ1n) is 4.73. The minimum absolute atomic E-state index is 0.0596. The highest BCUT2D eigenvalue weighted by Crippen LogP contribution is 2.10. The normalized spacial score (nSPS) is 8.87. The summed E-state index contributed by atoms with van der Waals surface area (Å²) in [6.45, 7) is 2.13. The molecule has 0 aliphatic carbocycles. The summed E-state index contributed by atoms with van der Waals surface area (Å²) in [6, 6.07) is 7.35. The van der Waals surface area contributed by atoms with Crippen molar-refractivity contribution in [3.8, 4) is 11.8 Å². The predicted molar refractivity (Wildman–Crippen MR) is 61.0 cm³/mol. The first-order valence-corrected chi connectivity index (χ1v) is 4.73. The molecule has 0 atom stereocenters. The number of para-hydroxylation sites is 1. The van der Waals surface area contributed by atoms with E-state index in [4.69, 9.17) is 5.73 Å².